The van der Waals surface area contributed by atoms with E-state index in [9.17, 15) is 0 Å². The quantitative estimate of drug-likeness (QED) is 0.903. The molecule has 0 amide bonds. The minimum Gasteiger partial charge on any atom is -0.490 e. The van der Waals surface area contributed by atoms with Crippen LogP contribution in [0.1, 0.15) is 18.5 Å². The lowest BCUT2D eigenvalue weighted by atomic mass is 10.1. The molecule has 1 N–H and O–H groups in total. The van der Waals surface area contributed by atoms with Crippen molar-refractivity contribution in [3.8, 4) is 5.75 Å². The summed E-state index contributed by atoms with van der Waals surface area (Å²) in [5.41, 5.74) is 1.23. The van der Waals surface area contributed by atoms with Crippen LogP contribution in [0.4, 0.5) is 0 Å². The van der Waals surface area contributed by atoms with Crippen LogP contribution < -0.4 is 10.1 Å². The second-order valence-corrected chi connectivity index (χ2v) is 5.00. The van der Waals surface area contributed by atoms with Crippen molar-refractivity contribution in [3.05, 3.63) is 26.6 Å². The first-order valence-corrected chi connectivity index (χ1v) is 6.16. The van der Waals surface area contributed by atoms with E-state index in [2.05, 4.69) is 50.2 Å². The summed E-state index contributed by atoms with van der Waals surface area (Å²) in [6.45, 7) is 3.78. The zero-order chi connectivity index (χ0) is 10.1. The van der Waals surface area contributed by atoms with E-state index < -0.39 is 0 Å². The molecule has 2 nitrogen and oxygen atoms in total. The van der Waals surface area contributed by atoms with Crippen molar-refractivity contribution in [2.24, 2.45) is 0 Å². The molecule has 0 bridgehead atoms. The Balaban J connectivity index is 2.38. The Morgan fingerprint density at radius 1 is 1.50 bits per heavy atom. The second kappa shape index (κ2) is 4.21. The van der Waals surface area contributed by atoms with Crippen molar-refractivity contribution in [2.45, 2.75) is 13.0 Å². The van der Waals surface area contributed by atoms with Gasteiger partial charge in [-0.2, -0.15) is 0 Å². The molecule has 0 saturated heterocycles. The molecule has 4 heteroatoms. The third-order valence-corrected chi connectivity index (χ3v) is 3.30. The third kappa shape index (κ3) is 1.83. The lowest BCUT2D eigenvalue weighted by Gasteiger charge is -2.09. The molecule has 1 atom stereocenters. The number of halogens is 2. The van der Waals surface area contributed by atoms with Crippen LogP contribution in [0.2, 0.25) is 0 Å². The van der Waals surface area contributed by atoms with Gasteiger partial charge in [0.1, 0.15) is 12.4 Å². The van der Waals surface area contributed by atoms with Gasteiger partial charge in [0, 0.05) is 10.0 Å². The van der Waals surface area contributed by atoms with Crippen molar-refractivity contribution in [1.29, 1.82) is 0 Å². The zero-order valence-electron chi connectivity index (χ0n) is 7.81. The standard InChI is InChI=1S/C10H11Br2NO/c1-2-13-9-5-14-10-7(9)3-6(11)4-8(10)12/h3-4,9,13H,2,5H2,1H3. The summed E-state index contributed by atoms with van der Waals surface area (Å²) in [4.78, 5) is 0. The summed E-state index contributed by atoms with van der Waals surface area (Å²) >= 11 is 6.97. The number of ether oxygens (including phenoxy) is 1. The number of nitrogens with one attached hydrogen (secondary N) is 1. The Labute approximate surface area is 100 Å². The second-order valence-electron chi connectivity index (χ2n) is 3.23. The Morgan fingerprint density at radius 3 is 3.00 bits per heavy atom. The highest BCUT2D eigenvalue weighted by Crippen LogP contribution is 2.40. The topological polar surface area (TPSA) is 21.3 Å². The van der Waals surface area contributed by atoms with Gasteiger partial charge < -0.3 is 10.1 Å². The molecule has 1 heterocycles. The van der Waals surface area contributed by atoms with Crippen LogP contribution in [0.5, 0.6) is 5.75 Å². The van der Waals surface area contributed by atoms with E-state index in [-0.39, 0.29) is 0 Å². The summed E-state index contributed by atoms with van der Waals surface area (Å²) in [5.74, 6) is 0.971. The van der Waals surface area contributed by atoms with Crippen LogP contribution in [0.15, 0.2) is 21.1 Å². The van der Waals surface area contributed by atoms with Crippen LogP contribution in [0, 0.1) is 0 Å². The molecule has 76 valence electrons. The maximum absolute atomic E-state index is 5.62. The maximum Gasteiger partial charge on any atom is 0.138 e. The minimum atomic E-state index is 0.323. The van der Waals surface area contributed by atoms with E-state index >= 15 is 0 Å². The summed E-state index contributed by atoms with van der Waals surface area (Å²) in [6.07, 6.45) is 0. The Kier molecular flexibility index (Phi) is 3.14. The van der Waals surface area contributed by atoms with E-state index in [1.807, 2.05) is 6.07 Å². The van der Waals surface area contributed by atoms with E-state index in [0.29, 0.717) is 6.04 Å². The predicted molar refractivity (Wildman–Crippen MR) is 63.8 cm³/mol. The molecular formula is C10H11Br2NO. The molecule has 14 heavy (non-hydrogen) atoms. The van der Waals surface area contributed by atoms with Gasteiger partial charge in [-0.3, -0.25) is 0 Å². The molecule has 0 spiro atoms. The minimum absolute atomic E-state index is 0.323. The van der Waals surface area contributed by atoms with Crippen LogP contribution in [0.3, 0.4) is 0 Å². The van der Waals surface area contributed by atoms with Gasteiger partial charge in [0.2, 0.25) is 0 Å². The lowest BCUT2D eigenvalue weighted by molar-refractivity contribution is 0.312. The van der Waals surface area contributed by atoms with Crippen molar-refractivity contribution < 1.29 is 4.74 Å². The average Bonchev–Trinajstić information content (AvgIpc) is 2.49. The van der Waals surface area contributed by atoms with Crippen LogP contribution in [-0.2, 0) is 0 Å². The highest BCUT2D eigenvalue weighted by molar-refractivity contribution is 9.11. The first kappa shape index (κ1) is 10.5. The van der Waals surface area contributed by atoms with Crippen LogP contribution in [-0.4, -0.2) is 13.2 Å². The fraction of sp³-hybridized carbons (Fsp3) is 0.400. The fourth-order valence-electron chi connectivity index (χ4n) is 1.66. The number of benzene rings is 1. The monoisotopic (exact) mass is 319 g/mol. The van der Waals surface area contributed by atoms with Gasteiger partial charge in [0.05, 0.1) is 10.5 Å². The summed E-state index contributed by atoms with van der Waals surface area (Å²) in [6, 6.07) is 4.44. The average molecular weight is 321 g/mol. The molecule has 1 unspecified atom stereocenters. The first-order chi connectivity index (χ1) is 6.72. The van der Waals surface area contributed by atoms with Crippen LogP contribution >= 0.6 is 31.9 Å². The third-order valence-electron chi connectivity index (χ3n) is 2.26. The molecule has 2 rings (SSSR count). The van der Waals surface area contributed by atoms with Gasteiger partial charge in [0.25, 0.3) is 0 Å². The Morgan fingerprint density at radius 2 is 2.29 bits per heavy atom. The van der Waals surface area contributed by atoms with Gasteiger partial charge in [-0.05, 0) is 34.6 Å². The SMILES string of the molecule is CCNC1COc2c(Br)cc(Br)cc21. The van der Waals surface area contributed by atoms with Crippen molar-refractivity contribution >= 4 is 31.9 Å². The van der Waals surface area contributed by atoms with Crippen molar-refractivity contribution in [2.75, 3.05) is 13.2 Å². The molecule has 0 radical (unpaired) electrons. The molecule has 0 saturated carbocycles. The highest BCUT2D eigenvalue weighted by Gasteiger charge is 2.25. The van der Waals surface area contributed by atoms with E-state index in [1.165, 1.54) is 5.56 Å². The van der Waals surface area contributed by atoms with Gasteiger partial charge in [0.15, 0.2) is 0 Å². The summed E-state index contributed by atoms with van der Waals surface area (Å²) < 4.78 is 7.72. The van der Waals surface area contributed by atoms with Crippen LogP contribution in [0.25, 0.3) is 0 Å². The first-order valence-electron chi connectivity index (χ1n) is 4.57. The number of likely N-dealkylation sites (N-methyl/N-ethyl adjacent to an activating group) is 1. The molecule has 0 aliphatic carbocycles. The predicted octanol–water partition coefficient (Wildman–Crippen LogP) is 3.25. The van der Waals surface area contributed by atoms with Gasteiger partial charge in [-0.1, -0.05) is 22.9 Å². The Bertz CT molecular complexity index is 354. The van der Waals surface area contributed by atoms with Gasteiger partial charge in [-0.15, -0.1) is 0 Å². The zero-order valence-corrected chi connectivity index (χ0v) is 11.0. The summed E-state index contributed by atoms with van der Waals surface area (Å²) in [5, 5.41) is 3.39. The molecule has 1 aliphatic heterocycles. The molecule has 1 aromatic carbocycles. The van der Waals surface area contributed by atoms with Gasteiger partial charge >= 0.3 is 0 Å². The van der Waals surface area contributed by atoms with E-state index in [4.69, 9.17) is 4.74 Å². The number of hydrogen-bond acceptors (Lipinski definition) is 2. The molecular weight excluding hydrogens is 310 g/mol. The largest absolute Gasteiger partial charge is 0.490 e. The fourth-order valence-corrected chi connectivity index (χ4v) is 3.04. The maximum atomic E-state index is 5.62. The molecule has 1 aromatic rings. The van der Waals surface area contributed by atoms with Crippen molar-refractivity contribution in [1.82, 2.24) is 5.32 Å². The van der Waals surface area contributed by atoms with E-state index in [1.54, 1.807) is 0 Å². The normalized spacial score (nSPS) is 19.2. The smallest absolute Gasteiger partial charge is 0.138 e. The summed E-state index contributed by atoms with van der Waals surface area (Å²) in [7, 11) is 0. The van der Waals surface area contributed by atoms with E-state index in [0.717, 1.165) is 27.8 Å². The molecule has 0 fully saturated rings. The number of hydrogen-bond donors (Lipinski definition) is 1. The lowest BCUT2D eigenvalue weighted by Crippen LogP contribution is -2.21. The molecule has 0 aromatic heterocycles. The highest BCUT2D eigenvalue weighted by atomic mass is 79.9. The van der Waals surface area contributed by atoms with Gasteiger partial charge in [-0.25, -0.2) is 0 Å². The Hall–Kier alpha value is -0.0600. The molecule has 1 aliphatic rings. The number of fused-ring (bicyclic) bond motifs is 1. The number of rotatable bonds is 2. The van der Waals surface area contributed by atoms with Crippen molar-refractivity contribution in [3.63, 3.8) is 0 Å².